The first-order chi connectivity index (χ1) is 5.57. The molecule has 0 aliphatic carbocycles. The van der Waals surface area contributed by atoms with Crippen molar-refractivity contribution in [3.05, 3.63) is 11.3 Å². The van der Waals surface area contributed by atoms with Crippen LogP contribution in [0.15, 0.2) is 11.3 Å². The van der Waals surface area contributed by atoms with Gasteiger partial charge in [-0.3, -0.25) is 0 Å². The van der Waals surface area contributed by atoms with Crippen LogP contribution in [0, 0.1) is 5.92 Å². The monoisotopic (exact) mass is 172 g/mol. The van der Waals surface area contributed by atoms with E-state index in [0.717, 1.165) is 12.0 Å². The fraction of sp³-hybridized carbons (Fsp3) is 0.778. The largest absolute Gasteiger partial charge is 0.507 e. The van der Waals surface area contributed by atoms with Gasteiger partial charge in [0.15, 0.2) is 0 Å². The van der Waals surface area contributed by atoms with E-state index in [0.29, 0.717) is 0 Å². The van der Waals surface area contributed by atoms with Gasteiger partial charge in [0.1, 0.15) is 5.76 Å². The summed E-state index contributed by atoms with van der Waals surface area (Å²) in [7, 11) is 0. The van der Waals surface area contributed by atoms with E-state index in [4.69, 9.17) is 4.74 Å². The molecule has 1 heterocycles. The molecule has 2 N–H and O–H groups in total. The van der Waals surface area contributed by atoms with Gasteiger partial charge in [-0.25, -0.2) is 0 Å². The topological polar surface area (TPSA) is 49.7 Å². The Hall–Kier alpha value is -0.540. The molecule has 3 nitrogen and oxygen atoms in total. The molecule has 0 aromatic rings. The molecule has 0 amide bonds. The normalized spacial score (nSPS) is 37.2. The van der Waals surface area contributed by atoms with Crippen LogP contribution in [0.1, 0.15) is 27.2 Å². The molecule has 0 radical (unpaired) electrons. The van der Waals surface area contributed by atoms with Crippen molar-refractivity contribution in [2.75, 3.05) is 0 Å². The summed E-state index contributed by atoms with van der Waals surface area (Å²) < 4.78 is 5.18. The van der Waals surface area contributed by atoms with Gasteiger partial charge < -0.3 is 14.9 Å². The molecular weight excluding hydrogens is 156 g/mol. The fourth-order valence-electron chi connectivity index (χ4n) is 1.50. The molecule has 2 unspecified atom stereocenters. The molecular formula is C9H16O3. The Morgan fingerprint density at radius 3 is 2.58 bits per heavy atom. The minimum atomic E-state index is -1.12. The minimum Gasteiger partial charge on any atom is -0.507 e. The molecule has 1 aliphatic rings. The first kappa shape index (κ1) is 9.55. The van der Waals surface area contributed by atoms with Crippen LogP contribution < -0.4 is 0 Å². The maximum absolute atomic E-state index is 9.33. The van der Waals surface area contributed by atoms with Gasteiger partial charge in [0.05, 0.1) is 6.10 Å². The van der Waals surface area contributed by atoms with E-state index in [1.165, 1.54) is 0 Å². The van der Waals surface area contributed by atoms with Crippen LogP contribution in [0.4, 0.5) is 0 Å². The fourth-order valence-corrected chi connectivity index (χ4v) is 1.50. The van der Waals surface area contributed by atoms with E-state index < -0.39 is 6.29 Å². The number of hydrogen-bond donors (Lipinski definition) is 2. The number of rotatable bonds is 1. The third-order valence-electron chi connectivity index (χ3n) is 2.58. The molecule has 0 bridgehead atoms. The predicted molar refractivity (Wildman–Crippen MR) is 45.7 cm³/mol. The number of ether oxygens (including phenoxy) is 1. The van der Waals surface area contributed by atoms with Crippen molar-refractivity contribution in [3.63, 3.8) is 0 Å². The number of hydrogen-bond acceptors (Lipinski definition) is 3. The van der Waals surface area contributed by atoms with Crippen LogP contribution in [0.25, 0.3) is 0 Å². The maximum Gasteiger partial charge on any atom is 0.214 e. The SMILES string of the molecule is CCC1O[C@H](O)C(O)=C(C)C1C. The van der Waals surface area contributed by atoms with Crippen molar-refractivity contribution >= 4 is 0 Å². The molecule has 0 saturated heterocycles. The second kappa shape index (κ2) is 3.46. The summed E-state index contributed by atoms with van der Waals surface area (Å²) >= 11 is 0. The lowest BCUT2D eigenvalue weighted by atomic mass is 9.91. The Kier molecular flexibility index (Phi) is 2.75. The Morgan fingerprint density at radius 2 is 2.08 bits per heavy atom. The Labute approximate surface area is 72.7 Å². The lowest BCUT2D eigenvalue weighted by Crippen LogP contribution is -2.35. The molecule has 1 rings (SSSR count). The van der Waals surface area contributed by atoms with Gasteiger partial charge in [0.2, 0.25) is 6.29 Å². The average Bonchev–Trinajstić information content (AvgIpc) is 2.08. The second-order valence-electron chi connectivity index (χ2n) is 3.29. The van der Waals surface area contributed by atoms with Crippen molar-refractivity contribution in [2.45, 2.75) is 39.6 Å². The van der Waals surface area contributed by atoms with Crippen molar-refractivity contribution in [2.24, 2.45) is 5.92 Å². The highest BCUT2D eigenvalue weighted by molar-refractivity contribution is 5.14. The van der Waals surface area contributed by atoms with Crippen LogP contribution in [0.5, 0.6) is 0 Å². The molecule has 3 heteroatoms. The Bertz CT molecular complexity index is 198. The van der Waals surface area contributed by atoms with Gasteiger partial charge in [-0.05, 0) is 18.9 Å². The zero-order chi connectivity index (χ0) is 9.30. The molecule has 70 valence electrons. The highest BCUT2D eigenvalue weighted by Gasteiger charge is 2.30. The number of aliphatic hydroxyl groups is 2. The van der Waals surface area contributed by atoms with E-state index in [1.54, 1.807) is 0 Å². The highest BCUT2D eigenvalue weighted by atomic mass is 16.6. The predicted octanol–water partition coefficient (Wildman–Crippen LogP) is 1.58. The summed E-state index contributed by atoms with van der Waals surface area (Å²) in [6.07, 6.45) is -0.245. The van der Waals surface area contributed by atoms with Crippen LogP contribution in [-0.2, 0) is 4.74 Å². The van der Waals surface area contributed by atoms with Crippen LogP contribution >= 0.6 is 0 Å². The van der Waals surface area contributed by atoms with E-state index in [9.17, 15) is 10.2 Å². The summed E-state index contributed by atoms with van der Waals surface area (Å²) in [5.41, 5.74) is 0.834. The van der Waals surface area contributed by atoms with Crippen LogP contribution in [0.3, 0.4) is 0 Å². The summed E-state index contributed by atoms with van der Waals surface area (Å²) in [6, 6.07) is 0. The zero-order valence-electron chi connectivity index (χ0n) is 7.74. The molecule has 0 fully saturated rings. The zero-order valence-corrected chi connectivity index (χ0v) is 7.74. The molecule has 1 aliphatic heterocycles. The molecule has 0 spiro atoms. The van der Waals surface area contributed by atoms with Crippen molar-refractivity contribution < 1.29 is 14.9 Å². The van der Waals surface area contributed by atoms with Gasteiger partial charge in [-0.2, -0.15) is 0 Å². The van der Waals surface area contributed by atoms with E-state index in [-0.39, 0.29) is 17.8 Å². The first-order valence-corrected chi connectivity index (χ1v) is 4.31. The smallest absolute Gasteiger partial charge is 0.214 e. The van der Waals surface area contributed by atoms with E-state index >= 15 is 0 Å². The van der Waals surface area contributed by atoms with Gasteiger partial charge in [0, 0.05) is 5.92 Å². The van der Waals surface area contributed by atoms with Gasteiger partial charge in [-0.1, -0.05) is 13.8 Å². The summed E-state index contributed by atoms with van der Waals surface area (Å²) in [4.78, 5) is 0. The van der Waals surface area contributed by atoms with Gasteiger partial charge >= 0.3 is 0 Å². The average molecular weight is 172 g/mol. The van der Waals surface area contributed by atoms with E-state index in [2.05, 4.69) is 0 Å². The van der Waals surface area contributed by atoms with Crippen molar-refractivity contribution in [1.29, 1.82) is 0 Å². The maximum atomic E-state index is 9.33. The lowest BCUT2D eigenvalue weighted by molar-refractivity contribution is -0.154. The van der Waals surface area contributed by atoms with Gasteiger partial charge in [0.25, 0.3) is 0 Å². The minimum absolute atomic E-state index is 0.0211. The van der Waals surface area contributed by atoms with Crippen LogP contribution in [0.2, 0.25) is 0 Å². The third-order valence-corrected chi connectivity index (χ3v) is 2.58. The molecule has 0 aromatic carbocycles. The Balaban J connectivity index is 2.85. The van der Waals surface area contributed by atoms with Crippen molar-refractivity contribution in [3.8, 4) is 0 Å². The lowest BCUT2D eigenvalue weighted by Gasteiger charge is -2.32. The molecule has 3 atom stereocenters. The number of aliphatic hydroxyl groups excluding tert-OH is 2. The third kappa shape index (κ3) is 1.47. The molecule has 0 saturated carbocycles. The molecule has 0 aromatic heterocycles. The Morgan fingerprint density at radius 1 is 1.50 bits per heavy atom. The highest BCUT2D eigenvalue weighted by Crippen LogP contribution is 2.29. The second-order valence-corrected chi connectivity index (χ2v) is 3.29. The standard InChI is InChI=1S/C9H16O3/c1-4-7-5(2)6(3)8(10)9(11)12-7/h5,7,9-11H,4H2,1-3H3/t5?,7?,9-/m0/s1. The summed E-state index contributed by atoms with van der Waals surface area (Å²) in [5, 5.41) is 18.6. The summed E-state index contributed by atoms with van der Waals surface area (Å²) in [6.45, 7) is 5.82. The summed E-state index contributed by atoms with van der Waals surface area (Å²) in [5.74, 6) is 0.172. The quantitative estimate of drug-likeness (QED) is 0.631. The van der Waals surface area contributed by atoms with E-state index in [1.807, 2.05) is 20.8 Å². The molecule has 12 heavy (non-hydrogen) atoms. The first-order valence-electron chi connectivity index (χ1n) is 4.31. The van der Waals surface area contributed by atoms with Crippen LogP contribution in [-0.4, -0.2) is 22.6 Å². The van der Waals surface area contributed by atoms with Gasteiger partial charge in [-0.15, -0.1) is 0 Å². The van der Waals surface area contributed by atoms with Crippen molar-refractivity contribution in [1.82, 2.24) is 0 Å².